The Morgan fingerprint density at radius 1 is 1.64 bits per heavy atom. The van der Waals surface area contributed by atoms with Crippen LogP contribution in [0.1, 0.15) is 19.8 Å². The van der Waals surface area contributed by atoms with Crippen LogP contribution < -0.4 is 4.90 Å². The highest BCUT2D eigenvalue weighted by molar-refractivity contribution is 6.28. The molecule has 1 fully saturated rings. The van der Waals surface area contributed by atoms with Gasteiger partial charge in [-0.3, -0.25) is 0 Å². The second-order valence-electron chi connectivity index (χ2n) is 3.69. The SMILES string of the molecule is CCC1CCN(c2ccnc(Cl)n2)C1. The molecule has 14 heavy (non-hydrogen) atoms. The molecule has 1 saturated heterocycles. The second-order valence-corrected chi connectivity index (χ2v) is 4.03. The molecule has 1 aromatic rings. The minimum Gasteiger partial charge on any atom is -0.356 e. The van der Waals surface area contributed by atoms with Gasteiger partial charge in [0.1, 0.15) is 5.82 Å². The van der Waals surface area contributed by atoms with Crippen molar-refractivity contribution in [3.05, 3.63) is 17.5 Å². The molecule has 1 atom stereocenters. The molecule has 0 spiro atoms. The number of anilines is 1. The smallest absolute Gasteiger partial charge is 0.224 e. The van der Waals surface area contributed by atoms with E-state index in [1.165, 1.54) is 12.8 Å². The molecule has 0 N–H and O–H groups in total. The molecule has 1 aromatic heterocycles. The van der Waals surface area contributed by atoms with Gasteiger partial charge in [0, 0.05) is 19.3 Å². The number of halogens is 1. The van der Waals surface area contributed by atoms with E-state index in [4.69, 9.17) is 11.6 Å². The lowest BCUT2D eigenvalue weighted by molar-refractivity contribution is 0.568. The van der Waals surface area contributed by atoms with E-state index in [1.807, 2.05) is 6.07 Å². The molecule has 76 valence electrons. The first-order chi connectivity index (χ1) is 6.79. The summed E-state index contributed by atoms with van der Waals surface area (Å²) in [5.41, 5.74) is 0. The third-order valence-electron chi connectivity index (χ3n) is 2.80. The molecular weight excluding hydrogens is 198 g/mol. The molecule has 0 radical (unpaired) electrons. The molecule has 0 saturated carbocycles. The van der Waals surface area contributed by atoms with Crippen molar-refractivity contribution in [3.8, 4) is 0 Å². The Balaban J connectivity index is 2.09. The average molecular weight is 212 g/mol. The quantitative estimate of drug-likeness (QED) is 0.704. The van der Waals surface area contributed by atoms with Crippen molar-refractivity contribution in [1.29, 1.82) is 0 Å². The van der Waals surface area contributed by atoms with Crippen molar-refractivity contribution >= 4 is 17.4 Å². The summed E-state index contributed by atoms with van der Waals surface area (Å²) in [6.45, 7) is 4.43. The molecule has 4 heteroatoms. The highest BCUT2D eigenvalue weighted by atomic mass is 35.5. The van der Waals surface area contributed by atoms with E-state index in [0.717, 1.165) is 24.8 Å². The van der Waals surface area contributed by atoms with Gasteiger partial charge >= 0.3 is 0 Å². The van der Waals surface area contributed by atoms with Gasteiger partial charge in [0.25, 0.3) is 0 Å². The van der Waals surface area contributed by atoms with Crippen LogP contribution in [0.25, 0.3) is 0 Å². The zero-order valence-electron chi connectivity index (χ0n) is 8.28. The topological polar surface area (TPSA) is 29.0 Å². The first-order valence-electron chi connectivity index (χ1n) is 5.03. The Labute approximate surface area is 89.1 Å². The maximum atomic E-state index is 5.74. The van der Waals surface area contributed by atoms with Crippen molar-refractivity contribution in [2.24, 2.45) is 5.92 Å². The fraction of sp³-hybridized carbons (Fsp3) is 0.600. The summed E-state index contributed by atoms with van der Waals surface area (Å²) in [4.78, 5) is 10.4. The second kappa shape index (κ2) is 4.13. The number of hydrogen-bond acceptors (Lipinski definition) is 3. The predicted molar refractivity (Wildman–Crippen MR) is 57.7 cm³/mol. The van der Waals surface area contributed by atoms with Crippen molar-refractivity contribution in [2.45, 2.75) is 19.8 Å². The summed E-state index contributed by atoms with van der Waals surface area (Å²) < 4.78 is 0. The van der Waals surface area contributed by atoms with Gasteiger partial charge in [0.05, 0.1) is 0 Å². The van der Waals surface area contributed by atoms with E-state index in [2.05, 4.69) is 21.8 Å². The summed E-state index contributed by atoms with van der Waals surface area (Å²) in [6.07, 6.45) is 4.22. The van der Waals surface area contributed by atoms with Crippen molar-refractivity contribution in [3.63, 3.8) is 0 Å². The highest BCUT2D eigenvalue weighted by Gasteiger charge is 2.21. The predicted octanol–water partition coefficient (Wildman–Crippen LogP) is 2.37. The van der Waals surface area contributed by atoms with Crippen molar-refractivity contribution in [1.82, 2.24) is 9.97 Å². The number of nitrogens with zero attached hydrogens (tertiary/aromatic N) is 3. The summed E-state index contributed by atoms with van der Waals surface area (Å²) in [5, 5.41) is 0.336. The number of rotatable bonds is 2. The first kappa shape index (κ1) is 9.71. The maximum Gasteiger partial charge on any atom is 0.224 e. The van der Waals surface area contributed by atoms with Crippen LogP contribution >= 0.6 is 11.6 Å². The Morgan fingerprint density at radius 2 is 2.50 bits per heavy atom. The van der Waals surface area contributed by atoms with Gasteiger partial charge in [0.15, 0.2) is 0 Å². The third-order valence-corrected chi connectivity index (χ3v) is 2.98. The molecule has 0 amide bonds. The van der Waals surface area contributed by atoms with Gasteiger partial charge in [-0.15, -0.1) is 0 Å². The molecular formula is C10H14ClN3. The van der Waals surface area contributed by atoms with Gasteiger partial charge in [0.2, 0.25) is 5.28 Å². The summed E-state index contributed by atoms with van der Waals surface area (Å²) >= 11 is 5.74. The zero-order chi connectivity index (χ0) is 9.97. The first-order valence-corrected chi connectivity index (χ1v) is 5.41. The van der Waals surface area contributed by atoms with Crippen LogP contribution in [-0.2, 0) is 0 Å². The minimum atomic E-state index is 0.336. The monoisotopic (exact) mass is 211 g/mol. The Morgan fingerprint density at radius 3 is 3.14 bits per heavy atom. The lowest BCUT2D eigenvalue weighted by Crippen LogP contribution is -2.20. The van der Waals surface area contributed by atoms with Crippen molar-refractivity contribution < 1.29 is 0 Å². The van der Waals surface area contributed by atoms with E-state index in [0.29, 0.717) is 5.28 Å². The molecule has 1 unspecified atom stereocenters. The van der Waals surface area contributed by atoms with Gasteiger partial charge in [-0.1, -0.05) is 13.3 Å². The van der Waals surface area contributed by atoms with Gasteiger partial charge in [-0.25, -0.2) is 9.97 Å². The van der Waals surface area contributed by atoms with Crippen LogP contribution in [0.5, 0.6) is 0 Å². The average Bonchev–Trinajstić information content (AvgIpc) is 2.66. The Hall–Kier alpha value is -0.830. The highest BCUT2D eigenvalue weighted by Crippen LogP contribution is 2.24. The lowest BCUT2D eigenvalue weighted by Gasteiger charge is -2.16. The molecule has 3 nitrogen and oxygen atoms in total. The molecule has 1 aliphatic heterocycles. The van der Waals surface area contributed by atoms with Crippen LogP contribution in [0.2, 0.25) is 5.28 Å². The van der Waals surface area contributed by atoms with Crippen molar-refractivity contribution in [2.75, 3.05) is 18.0 Å². The van der Waals surface area contributed by atoms with Crippen LogP contribution in [0.15, 0.2) is 12.3 Å². The zero-order valence-corrected chi connectivity index (χ0v) is 9.04. The third kappa shape index (κ3) is 1.98. The largest absolute Gasteiger partial charge is 0.356 e. The minimum absolute atomic E-state index is 0.336. The van der Waals surface area contributed by atoms with Crippen LogP contribution in [0.3, 0.4) is 0 Å². The molecule has 1 aliphatic rings. The fourth-order valence-electron chi connectivity index (χ4n) is 1.88. The standard InChI is InChI=1S/C10H14ClN3/c1-2-8-4-6-14(7-8)9-3-5-12-10(11)13-9/h3,5,8H,2,4,6-7H2,1H3. The number of hydrogen-bond donors (Lipinski definition) is 0. The van der Waals surface area contributed by atoms with Crippen LogP contribution in [0, 0.1) is 5.92 Å². The van der Waals surface area contributed by atoms with Crippen LogP contribution in [-0.4, -0.2) is 23.1 Å². The van der Waals surface area contributed by atoms with E-state index in [-0.39, 0.29) is 0 Å². The maximum absolute atomic E-state index is 5.74. The van der Waals surface area contributed by atoms with E-state index in [1.54, 1.807) is 6.20 Å². The van der Waals surface area contributed by atoms with Gasteiger partial charge in [-0.05, 0) is 30.0 Å². The molecule has 2 heterocycles. The molecule has 0 bridgehead atoms. The Bertz CT molecular complexity index is 316. The molecule has 0 aromatic carbocycles. The van der Waals surface area contributed by atoms with Gasteiger partial charge in [-0.2, -0.15) is 0 Å². The van der Waals surface area contributed by atoms with Gasteiger partial charge < -0.3 is 4.90 Å². The van der Waals surface area contributed by atoms with E-state index in [9.17, 15) is 0 Å². The lowest BCUT2D eigenvalue weighted by atomic mass is 10.1. The number of aromatic nitrogens is 2. The normalized spacial score (nSPS) is 21.6. The Kier molecular flexibility index (Phi) is 2.87. The molecule has 2 rings (SSSR count). The van der Waals surface area contributed by atoms with Crippen LogP contribution in [0.4, 0.5) is 5.82 Å². The summed E-state index contributed by atoms with van der Waals surface area (Å²) in [5.74, 6) is 1.77. The summed E-state index contributed by atoms with van der Waals surface area (Å²) in [7, 11) is 0. The fourth-order valence-corrected chi connectivity index (χ4v) is 2.02. The van der Waals surface area contributed by atoms with E-state index < -0.39 is 0 Å². The molecule has 0 aliphatic carbocycles. The summed E-state index contributed by atoms with van der Waals surface area (Å²) in [6, 6.07) is 1.92. The van der Waals surface area contributed by atoms with E-state index >= 15 is 0 Å².